The fourth-order valence-corrected chi connectivity index (χ4v) is 6.93. The Kier molecular flexibility index (Phi) is 35.2. The summed E-state index contributed by atoms with van der Waals surface area (Å²) in [5.74, 6) is -12.2. The van der Waals surface area contributed by atoms with Crippen molar-refractivity contribution in [2.45, 2.75) is 173 Å². The molecule has 2 N–H and O–H groups in total. The van der Waals surface area contributed by atoms with Gasteiger partial charge in [-0.15, -0.1) is 0 Å². The smallest absolute Gasteiger partial charge is 0.339 e. The second-order valence-corrected chi connectivity index (χ2v) is 17.9. The molecule has 0 aromatic heterocycles. The summed E-state index contributed by atoms with van der Waals surface area (Å²) < 4.78 is 87.5. The van der Waals surface area contributed by atoms with Gasteiger partial charge in [-0.05, 0) is 1.34 Å². The van der Waals surface area contributed by atoms with Crippen molar-refractivity contribution in [3.05, 3.63) is 0 Å². The Hall–Kier alpha value is -5.59. The molecule has 3 unspecified atom stereocenters. The van der Waals surface area contributed by atoms with Crippen LogP contribution < -0.4 is 0 Å². The Balaban J connectivity index is -0.00000112. The first-order valence-electron chi connectivity index (χ1n) is 22.5. The summed E-state index contributed by atoms with van der Waals surface area (Å²) in [6.45, 7) is 10.5. The van der Waals surface area contributed by atoms with Crippen molar-refractivity contribution in [1.82, 2.24) is 0 Å². The zero-order valence-corrected chi connectivity index (χ0v) is 51.0. The summed E-state index contributed by atoms with van der Waals surface area (Å²) in [6.07, 6.45) is -23.6. The maximum Gasteiger partial charge on any atom is 0.339 e. The number of aliphatic hydroxyl groups excluding tert-OH is 1. The van der Waals surface area contributed by atoms with Crippen LogP contribution in [0, 0.1) is 36.5 Å². The minimum atomic E-state index is -2.32. The van der Waals surface area contributed by atoms with Crippen molar-refractivity contribution in [3.63, 3.8) is 0 Å². The van der Waals surface area contributed by atoms with E-state index in [0.717, 1.165) is 90.6 Å². The molecule has 456 valence electrons. The molecule has 32 nitrogen and oxygen atoms in total. The third kappa shape index (κ3) is 26.0. The normalized spacial score (nSPS) is 27.0. The van der Waals surface area contributed by atoms with E-state index in [2.05, 4.69) is 22.6 Å². The Morgan fingerprint density at radius 2 is 0.605 bits per heavy atom. The number of hydrogen-bond acceptors (Lipinski definition) is 32. The number of halogens is 3. The number of nitrogens with one attached hydrogen (secondary N) is 1. The van der Waals surface area contributed by atoms with E-state index in [-0.39, 0.29) is 38.5 Å². The number of ether oxygens (including phenoxy) is 17. The molecule has 0 aromatic rings. The molecule has 0 aliphatic carbocycles. The molecule has 0 amide bonds. The van der Waals surface area contributed by atoms with Crippen LogP contribution in [-0.2, 0) is 143 Å². The molecule has 3 aliphatic rings. The van der Waals surface area contributed by atoms with Crippen molar-refractivity contribution in [3.8, 4) is 0 Å². The number of carbonyl (C=O) groups excluding carboxylic acids is 13. The summed E-state index contributed by atoms with van der Waals surface area (Å²) in [5, 5.41) is 17.6. The Morgan fingerprint density at radius 3 is 0.852 bits per heavy atom. The van der Waals surface area contributed by atoms with E-state index < -0.39 is 179 Å². The van der Waals surface area contributed by atoms with E-state index in [1.54, 1.807) is 0 Å². The molecule has 3 heterocycles. The third-order valence-corrected chi connectivity index (χ3v) is 9.81. The van der Waals surface area contributed by atoms with Crippen molar-refractivity contribution < 1.29 is 179 Å². The topological polar surface area (TPSA) is 423 Å². The van der Waals surface area contributed by atoms with Gasteiger partial charge >= 0.3 is 77.6 Å². The molecule has 2 radical (unpaired) electrons. The van der Waals surface area contributed by atoms with Gasteiger partial charge in [0.15, 0.2) is 67.3 Å². The molecule has 81 heavy (non-hydrogen) atoms. The van der Waals surface area contributed by atoms with Crippen molar-refractivity contribution in [2.75, 3.05) is 21.3 Å². The summed E-state index contributed by atoms with van der Waals surface area (Å²) in [4.78, 5) is 150. The summed E-state index contributed by atoms with van der Waals surface area (Å²) in [7, 11) is 6.88. The minimum Gasteiger partial charge on any atom is -0.467 e. The van der Waals surface area contributed by atoms with Crippen LogP contribution in [0.4, 0.5) is 0 Å². The zero-order chi connectivity index (χ0) is 62.3. The standard InChI is InChI=1S/C15H18Cl3NO10.C15H20O11.C13H18O10.CH4.BH.U/c1-5(20)25-8-9(26-6(2)21)11(27-7(3)22)13(28-10(8)12(23)24-4)29-14(19)15(16,17)18;1-6(16)22-10-11(23-7(2)17)13(24-8(3)18)15(25-9(4)19)26-12(10)14(20)21-5;1-5(14)20-8-9(21-6(2)15)11(22-7(3)16)13(18)23-10(8)12(17)19-4;;;/h8-11,13,19H,1-4H3;10-13,15H,1-5H3;8-11,13,18H,1-4H3;1H4;1H;/t8-,9-,10-,11+,13?;10-,11-,12-,13+,15?;8-,9-,10-,11+,13?;;;/m000.../s1/i;;;;1D;. The van der Waals surface area contributed by atoms with Gasteiger partial charge in [0.2, 0.25) is 30.7 Å². The molecule has 15 atom stereocenters. The summed E-state index contributed by atoms with van der Waals surface area (Å²) in [5.41, 5.74) is 0. The number of methoxy groups -OCH3 is 3. The largest absolute Gasteiger partial charge is 0.467 e. The molecule has 0 saturated carbocycles. The molecular formula is C44H61BCl3NO31U. The van der Waals surface area contributed by atoms with Crippen LogP contribution in [-0.4, -0.2) is 216 Å². The molecule has 3 rings (SSSR count). The first-order chi connectivity index (χ1) is 37.0. The fourth-order valence-electron chi connectivity index (χ4n) is 6.79. The van der Waals surface area contributed by atoms with Gasteiger partial charge in [-0.1, -0.05) is 42.2 Å². The molecule has 0 aromatic carbocycles. The number of aliphatic hydroxyl groups is 1. The van der Waals surface area contributed by atoms with Gasteiger partial charge in [-0.3, -0.25) is 53.4 Å². The fraction of sp³-hybridized carbons (Fsp3) is 0.682. The summed E-state index contributed by atoms with van der Waals surface area (Å²) >= 11 is 16.7. The number of alkyl halides is 3. The average Bonchev–Trinajstić information content (AvgIpc) is 3.32. The predicted octanol–water partition coefficient (Wildman–Crippen LogP) is -1.05. The molecule has 3 saturated heterocycles. The van der Waals surface area contributed by atoms with Gasteiger partial charge in [0.1, 0.15) is 0 Å². The van der Waals surface area contributed by atoms with Crippen LogP contribution in [0.25, 0.3) is 0 Å². The number of rotatable bonds is 14. The molecule has 37 heteroatoms. The molecular weight excluding hydrogens is 1390 g/mol. The average molecular weight is 1460 g/mol. The predicted molar refractivity (Wildman–Crippen MR) is 259 cm³/mol. The number of hydrogen-bond donors (Lipinski definition) is 2. The van der Waals surface area contributed by atoms with Gasteiger partial charge in [-0.2, -0.15) is 0 Å². The third-order valence-electron chi connectivity index (χ3n) is 9.30. The second kappa shape index (κ2) is 36.8. The first-order valence-corrected chi connectivity index (χ1v) is 23.1. The van der Waals surface area contributed by atoms with Crippen molar-refractivity contribution in [1.29, 1.82) is 6.74 Å². The maximum atomic E-state index is 12.2. The van der Waals surface area contributed by atoms with Gasteiger partial charge in [-0.25, -0.2) is 14.4 Å². The van der Waals surface area contributed by atoms with E-state index in [1.165, 1.54) is 0 Å². The Bertz CT molecular complexity index is 2260. The van der Waals surface area contributed by atoms with E-state index in [0.29, 0.717) is 0 Å². The van der Waals surface area contributed by atoms with Crippen LogP contribution in [0.1, 0.15) is 76.7 Å². The monoisotopic (exact) mass is 1450 g/mol. The van der Waals surface area contributed by atoms with Gasteiger partial charge in [0.25, 0.3) is 3.79 Å². The SMILES string of the molecule is C.COC(=O)[C@H]1OC(O)[C@H](OC(C)=O)[C@@H](OC(C)=O)[C@@H]1OC(C)=O.COC(=O)[C@H]1OC(OC(=N)C(Cl)(Cl)Cl)[C@H](OC(C)=O)[C@@H](OC(C)=O)[C@@H]1OC(C)=O.COC(=O)[C@H]1OC(OC(C)=O)[C@H](OC(C)=O)[C@@H](OC(C)=O)[C@@H]1OC(C)=O.[2H][B].[U]. The van der Waals surface area contributed by atoms with E-state index in [4.69, 9.17) is 108 Å². The molecule has 0 spiro atoms. The van der Waals surface area contributed by atoms with Crippen LogP contribution in [0.15, 0.2) is 0 Å². The minimum absolute atomic E-state index is 0. The quantitative estimate of drug-likeness (QED) is 0.0523. The number of carbonyl (C=O) groups is 13. The molecule has 3 aliphatic heterocycles. The van der Waals surface area contributed by atoms with E-state index in [1.807, 2.05) is 0 Å². The number of esters is 13. The Morgan fingerprint density at radius 1 is 0.395 bits per heavy atom. The van der Waals surface area contributed by atoms with E-state index >= 15 is 0 Å². The zero-order valence-electron chi connectivity index (χ0n) is 45.6. The van der Waals surface area contributed by atoms with Gasteiger partial charge < -0.3 is 85.6 Å². The summed E-state index contributed by atoms with van der Waals surface area (Å²) in [6, 6.07) is 0. The maximum absolute atomic E-state index is 12.2. The van der Waals surface area contributed by atoms with Crippen molar-refractivity contribution >= 4 is 127 Å². The van der Waals surface area contributed by atoms with Crippen LogP contribution >= 0.6 is 34.8 Å². The van der Waals surface area contributed by atoms with Gasteiger partial charge in [0, 0.05) is 109 Å². The first kappa shape index (κ1) is 77.5. The van der Waals surface area contributed by atoms with Crippen LogP contribution in [0.3, 0.4) is 0 Å². The molecule has 0 bridgehead atoms. The second-order valence-electron chi connectivity index (χ2n) is 15.6. The van der Waals surface area contributed by atoms with Crippen LogP contribution in [0.5, 0.6) is 0 Å². The molecule has 3 fully saturated rings. The van der Waals surface area contributed by atoms with Crippen LogP contribution in [0.2, 0.25) is 0 Å². The Labute approximate surface area is 503 Å². The van der Waals surface area contributed by atoms with E-state index in [9.17, 15) is 67.4 Å². The van der Waals surface area contributed by atoms with Crippen molar-refractivity contribution in [2.24, 2.45) is 0 Å². The van der Waals surface area contributed by atoms with Gasteiger partial charge in [0.05, 0.1) is 21.3 Å².